The van der Waals surface area contributed by atoms with Crippen LogP contribution in [0, 0.1) is 17.8 Å². The van der Waals surface area contributed by atoms with Crippen molar-refractivity contribution < 1.29 is 50.6 Å². The molecule has 4 heterocycles. The normalized spacial score (nSPS) is 29.4. The van der Waals surface area contributed by atoms with Crippen molar-refractivity contribution in [1.29, 1.82) is 0 Å². The summed E-state index contributed by atoms with van der Waals surface area (Å²) in [6.07, 6.45) is 6.19. The lowest BCUT2D eigenvalue weighted by Gasteiger charge is -2.34. The van der Waals surface area contributed by atoms with Crippen molar-refractivity contribution in [3.8, 4) is 5.88 Å². The number of ether oxygens (including phenoxy) is 3. The van der Waals surface area contributed by atoms with E-state index in [1.807, 2.05) is 50.3 Å². The topological polar surface area (TPSA) is 198 Å². The SMILES string of the molecule is CC1CCC=CC2CC2(C(=O)NS(=O)(=O)C2(C)CC2)NC(=O)C2CC(Oc3ncc(N4CCOCC4)c4ccccc34)CN2C(=O)C(NNC(=O)OC(C)(C)C(C)(F)F)C(C)C1. The third kappa shape index (κ3) is 9.35. The minimum absolute atomic E-state index is 0.0277. The second-order valence-corrected chi connectivity index (χ2v) is 20.8. The Morgan fingerprint density at radius 1 is 1.05 bits per heavy atom. The summed E-state index contributed by atoms with van der Waals surface area (Å²) in [7, 11) is -4.05. The van der Waals surface area contributed by atoms with E-state index in [-0.39, 0.29) is 31.2 Å². The third-order valence-corrected chi connectivity index (χ3v) is 15.5. The number of anilines is 1. The number of nitrogens with zero attached hydrogens (tertiary/aromatic N) is 3. The standard InChI is InChI=1S/C43H59F2N7O9S/c1-26-11-7-8-12-28-23-43(28,38(55)50-62(57,58)41(5)15-16-41)47-35(53)32-22-29(60-36-31-14-10-9-13-30(31)33(24-46-36)51-17-19-59-20-18-51)25-52(32)37(54)34(27(2)21-26)48-49-39(56)61-40(3,4)42(6,44)45/h8-10,12-14,24,26-29,32,34,48H,7,11,15-23,25H2,1-6H3,(H,47,53)(H,49,56)(H,50,55). The molecule has 0 bridgehead atoms. The average molecular weight is 888 g/mol. The molecule has 2 aliphatic carbocycles. The molecule has 0 spiro atoms. The highest BCUT2D eigenvalue weighted by Gasteiger charge is 2.63. The lowest BCUT2D eigenvalue weighted by atomic mass is 9.88. The summed E-state index contributed by atoms with van der Waals surface area (Å²) in [5.74, 6) is -6.14. The van der Waals surface area contributed by atoms with Crippen LogP contribution in [0.25, 0.3) is 10.8 Å². The van der Waals surface area contributed by atoms with Crippen LogP contribution >= 0.6 is 0 Å². The summed E-state index contributed by atoms with van der Waals surface area (Å²) < 4.78 is 73.4. The van der Waals surface area contributed by atoms with Crippen LogP contribution in [0.15, 0.2) is 42.6 Å². The number of benzene rings is 1. The number of amides is 4. The van der Waals surface area contributed by atoms with Crippen molar-refractivity contribution in [1.82, 2.24) is 30.8 Å². The van der Waals surface area contributed by atoms with Crippen molar-refractivity contribution in [3.63, 3.8) is 0 Å². The smallest absolute Gasteiger partial charge is 0.422 e. The van der Waals surface area contributed by atoms with Crippen molar-refractivity contribution in [2.24, 2.45) is 17.8 Å². The molecule has 340 valence electrons. The fraction of sp³-hybridized carbons (Fsp3) is 0.651. The summed E-state index contributed by atoms with van der Waals surface area (Å²) in [5, 5.41) is 4.49. The fourth-order valence-corrected chi connectivity index (χ4v) is 9.85. The maximum Gasteiger partial charge on any atom is 0.422 e. The highest BCUT2D eigenvalue weighted by atomic mass is 32.2. The van der Waals surface area contributed by atoms with E-state index in [0.717, 1.165) is 30.3 Å². The average Bonchev–Trinajstić information content (AvgIpc) is 4.09. The van der Waals surface area contributed by atoms with E-state index >= 15 is 0 Å². The van der Waals surface area contributed by atoms with E-state index in [1.54, 1.807) is 13.1 Å². The molecule has 3 aliphatic heterocycles. The summed E-state index contributed by atoms with van der Waals surface area (Å²) >= 11 is 0. The Kier molecular flexibility index (Phi) is 12.6. The monoisotopic (exact) mass is 887 g/mol. The zero-order chi connectivity index (χ0) is 44.8. The Morgan fingerprint density at radius 2 is 1.74 bits per heavy atom. The minimum atomic E-state index is -4.05. The fourth-order valence-electron chi connectivity index (χ4n) is 8.54. The van der Waals surface area contributed by atoms with Gasteiger partial charge >= 0.3 is 6.09 Å². The van der Waals surface area contributed by atoms with E-state index in [0.29, 0.717) is 65.3 Å². The molecule has 4 fully saturated rings. The number of alkyl halides is 2. The molecule has 19 heteroatoms. The molecule has 62 heavy (non-hydrogen) atoms. The van der Waals surface area contributed by atoms with E-state index in [1.165, 1.54) is 4.90 Å². The number of hydrogen-bond acceptors (Lipinski definition) is 12. The predicted octanol–water partition coefficient (Wildman–Crippen LogP) is 4.34. The predicted molar refractivity (Wildman–Crippen MR) is 226 cm³/mol. The number of fused-ring (bicyclic) bond motifs is 3. The molecule has 5 aliphatic rings. The first kappa shape index (κ1) is 45.4. The number of carbonyl (C=O) groups is 4. The van der Waals surface area contributed by atoms with Gasteiger partial charge in [-0.15, -0.1) is 0 Å². The quantitative estimate of drug-likeness (QED) is 0.195. The first-order valence-electron chi connectivity index (χ1n) is 21.5. The maximum absolute atomic E-state index is 14.9. The second-order valence-electron chi connectivity index (χ2n) is 18.6. The van der Waals surface area contributed by atoms with Crippen LogP contribution in [0.2, 0.25) is 0 Å². The van der Waals surface area contributed by atoms with Gasteiger partial charge in [0.15, 0.2) is 5.60 Å². The first-order chi connectivity index (χ1) is 29.1. The maximum atomic E-state index is 14.9. The van der Waals surface area contributed by atoms with Gasteiger partial charge in [-0.2, -0.15) is 0 Å². The summed E-state index contributed by atoms with van der Waals surface area (Å²) in [6.45, 7) is 10.6. The van der Waals surface area contributed by atoms with Crippen LogP contribution < -0.4 is 30.5 Å². The zero-order valence-electron chi connectivity index (χ0n) is 36.2. The largest absolute Gasteiger partial charge is 0.472 e. The molecule has 16 nitrogen and oxygen atoms in total. The number of hydrogen-bond donors (Lipinski definition) is 4. The number of hydrazine groups is 1. The van der Waals surface area contributed by atoms with Crippen molar-refractivity contribution in [3.05, 3.63) is 42.6 Å². The Morgan fingerprint density at radius 3 is 2.42 bits per heavy atom. The molecular formula is C43H59F2N7O9S. The number of halogens is 2. The summed E-state index contributed by atoms with van der Waals surface area (Å²) in [6, 6.07) is 5.25. The zero-order valence-corrected chi connectivity index (χ0v) is 37.0. The van der Waals surface area contributed by atoms with Gasteiger partial charge in [-0.25, -0.2) is 32.4 Å². The highest BCUT2D eigenvalue weighted by Crippen LogP contribution is 2.48. The van der Waals surface area contributed by atoms with Crippen LogP contribution in [0.1, 0.15) is 86.5 Å². The number of rotatable bonds is 10. The Balaban J connectivity index is 1.21. The van der Waals surface area contributed by atoms with Crippen LogP contribution in [0.5, 0.6) is 5.88 Å². The molecule has 2 aromatic rings. The Hall–Kier alpha value is -4.62. The highest BCUT2D eigenvalue weighted by molar-refractivity contribution is 7.91. The molecule has 7 rings (SSSR count). The summed E-state index contributed by atoms with van der Waals surface area (Å²) in [5.41, 5.74) is 2.18. The molecule has 0 radical (unpaired) electrons. The molecular weight excluding hydrogens is 829 g/mol. The second kappa shape index (κ2) is 17.2. The van der Waals surface area contributed by atoms with Gasteiger partial charge in [-0.05, 0) is 77.2 Å². The lowest BCUT2D eigenvalue weighted by molar-refractivity contribution is -0.151. The molecule has 2 saturated carbocycles. The Labute approximate surface area is 361 Å². The van der Waals surface area contributed by atoms with Crippen LogP contribution in [0.3, 0.4) is 0 Å². The van der Waals surface area contributed by atoms with Gasteiger partial charge in [0, 0.05) is 43.1 Å². The van der Waals surface area contributed by atoms with Crippen molar-refractivity contribution in [2.75, 3.05) is 37.7 Å². The van der Waals surface area contributed by atoms with E-state index in [4.69, 9.17) is 19.2 Å². The molecule has 1 aromatic heterocycles. The van der Waals surface area contributed by atoms with Gasteiger partial charge in [0.25, 0.3) is 11.8 Å². The van der Waals surface area contributed by atoms with Gasteiger partial charge in [0.05, 0.1) is 36.4 Å². The van der Waals surface area contributed by atoms with Gasteiger partial charge in [-0.1, -0.05) is 44.2 Å². The van der Waals surface area contributed by atoms with Gasteiger partial charge in [0.1, 0.15) is 23.7 Å². The van der Waals surface area contributed by atoms with Crippen LogP contribution in [0.4, 0.5) is 19.3 Å². The van der Waals surface area contributed by atoms with Gasteiger partial charge in [-0.3, -0.25) is 24.5 Å². The molecule has 7 atom stereocenters. The van der Waals surface area contributed by atoms with Gasteiger partial charge in [0.2, 0.25) is 27.7 Å². The molecule has 1 aromatic carbocycles. The number of nitrogens with one attached hydrogen (secondary N) is 4. The van der Waals surface area contributed by atoms with Crippen molar-refractivity contribution >= 4 is 50.3 Å². The lowest BCUT2D eigenvalue weighted by Crippen LogP contribution is -2.61. The minimum Gasteiger partial charge on any atom is -0.472 e. The number of sulfonamides is 1. The number of morpholine rings is 1. The molecule has 4 amide bonds. The van der Waals surface area contributed by atoms with Gasteiger partial charge < -0.3 is 29.3 Å². The summed E-state index contributed by atoms with van der Waals surface area (Å²) in [4.78, 5) is 64.8. The van der Waals surface area contributed by atoms with E-state index in [2.05, 4.69) is 25.8 Å². The van der Waals surface area contributed by atoms with Crippen LogP contribution in [-0.4, -0.2) is 115 Å². The van der Waals surface area contributed by atoms with E-state index < -0.39 is 85.7 Å². The number of carbonyl (C=O) groups excluding carboxylic acids is 4. The molecule has 7 unspecified atom stereocenters. The van der Waals surface area contributed by atoms with E-state index in [9.17, 15) is 36.4 Å². The van der Waals surface area contributed by atoms with Crippen molar-refractivity contribution in [2.45, 2.75) is 126 Å². The molecule has 4 N–H and O–H groups in total. The Bertz CT molecular complexity index is 2190. The van der Waals surface area contributed by atoms with Crippen LogP contribution in [-0.2, 0) is 33.9 Å². The first-order valence-corrected chi connectivity index (χ1v) is 23.0. The third-order valence-electron chi connectivity index (χ3n) is 13.4. The number of aromatic nitrogens is 1. The molecule has 2 saturated heterocycles. The number of pyridine rings is 1. The number of allylic oxidation sites excluding steroid dienone is 1.